The van der Waals surface area contributed by atoms with Crippen LogP contribution < -0.4 is 15.0 Å². The molecule has 4 heterocycles. The molecular formula is C21H24ClN5O. The Labute approximate surface area is 170 Å². The maximum atomic E-state index is 6.23. The Hall–Kier alpha value is -2.44. The third-order valence-corrected chi connectivity index (χ3v) is 5.52. The molecular weight excluding hydrogens is 374 g/mol. The van der Waals surface area contributed by atoms with Crippen LogP contribution in [0.5, 0.6) is 5.88 Å². The summed E-state index contributed by atoms with van der Waals surface area (Å²) in [7, 11) is 0. The molecule has 146 valence electrons. The fourth-order valence-corrected chi connectivity index (χ4v) is 3.93. The smallest absolute Gasteiger partial charge is 0.220 e. The van der Waals surface area contributed by atoms with Crippen molar-refractivity contribution < 1.29 is 4.74 Å². The minimum absolute atomic E-state index is 0. The monoisotopic (exact) mass is 397 g/mol. The molecule has 1 N–H and O–H groups in total. The second-order valence-corrected chi connectivity index (χ2v) is 7.31. The number of benzene rings is 1. The van der Waals surface area contributed by atoms with Crippen molar-refractivity contribution in [2.75, 3.05) is 31.1 Å². The summed E-state index contributed by atoms with van der Waals surface area (Å²) in [6.07, 6.45) is 5.89. The molecule has 5 rings (SSSR count). The molecule has 2 aromatic heterocycles. The lowest BCUT2D eigenvalue weighted by molar-refractivity contribution is 0.156. The first-order chi connectivity index (χ1) is 13.4. The maximum Gasteiger partial charge on any atom is 0.220 e. The van der Waals surface area contributed by atoms with Crippen LogP contribution in [0, 0.1) is 0 Å². The zero-order chi connectivity index (χ0) is 18.1. The summed E-state index contributed by atoms with van der Waals surface area (Å²) in [5.74, 6) is 2.25. The lowest BCUT2D eigenvalue weighted by Crippen LogP contribution is -2.54. The average molecular weight is 398 g/mol. The number of pyridine rings is 1. The van der Waals surface area contributed by atoms with Crippen molar-refractivity contribution in [1.29, 1.82) is 0 Å². The second kappa shape index (κ2) is 8.29. The van der Waals surface area contributed by atoms with Gasteiger partial charge < -0.3 is 15.0 Å². The van der Waals surface area contributed by atoms with Gasteiger partial charge in [-0.1, -0.05) is 18.2 Å². The molecule has 0 saturated carbocycles. The van der Waals surface area contributed by atoms with E-state index in [0.717, 1.165) is 61.8 Å². The summed E-state index contributed by atoms with van der Waals surface area (Å²) in [5.41, 5.74) is 2.18. The Morgan fingerprint density at radius 3 is 2.71 bits per heavy atom. The van der Waals surface area contributed by atoms with Crippen LogP contribution in [-0.4, -0.2) is 47.2 Å². The summed E-state index contributed by atoms with van der Waals surface area (Å²) in [6, 6.07) is 12.4. The van der Waals surface area contributed by atoms with Gasteiger partial charge in [0.05, 0.1) is 18.6 Å². The van der Waals surface area contributed by atoms with E-state index in [-0.39, 0.29) is 18.5 Å². The normalized spacial score (nSPS) is 17.8. The Kier molecular flexibility index (Phi) is 5.59. The molecule has 6 nitrogen and oxygen atoms in total. The lowest BCUT2D eigenvalue weighted by atomic mass is 9.92. The van der Waals surface area contributed by atoms with Crippen LogP contribution in [0.1, 0.15) is 24.3 Å². The minimum Gasteiger partial charge on any atom is -0.470 e. The van der Waals surface area contributed by atoms with Crippen LogP contribution >= 0.6 is 12.4 Å². The molecule has 2 fully saturated rings. The molecule has 2 saturated heterocycles. The Bertz CT molecular complexity index is 941. The molecule has 0 amide bonds. The zero-order valence-corrected chi connectivity index (χ0v) is 16.4. The first-order valence-electron chi connectivity index (χ1n) is 9.65. The van der Waals surface area contributed by atoms with E-state index in [1.807, 2.05) is 18.3 Å². The molecule has 2 aliphatic heterocycles. The van der Waals surface area contributed by atoms with Crippen molar-refractivity contribution in [3.63, 3.8) is 0 Å². The number of rotatable bonds is 4. The highest BCUT2D eigenvalue weighted by Gasteiger charge is 2.31. The number of hydrogen-bond acceptors (Lipinski definition) is 6. The van der Waals surface area contributed by atoms with Gasteiger partial charge in [0, 0.05) is 17.1 Å². The SMILES string of the molecule is Cl.c1ccc2nc(N3CC(Oc4ncncc4C4CCNCC4)C3)ccc2c1. The highest BCUT2D eigenvalue weighted by Crippen LogP contribution is 2.32. The van der Waals surface area contributed by atoms with E-state index in [4.69, 9.17) is 9.72 Å². The first kappa shape index (κ1) is 18.9. The van der Waals surface area contributed by atoms with Gasteiger partial charge in [0.2, 0.25) is 5.88 Å². The summed E-state index contributed by atoms with van der Waals surface area (Å²) >= 11 is 0. The Morgan fingerprint density at radius 2 is 1.86 bits per heavy atom. The number of hydrogen-bond donors (Lipinski definition) is 1. The predicted octanol–water partition coefficient (Wildman–Crippen LogP) is 3.18. The molecule has 0 spiro atoms. The molecule has 7 heteroatoms. The van der Waals surface area contributed by atoms with Crippen LogP contribution in [-0.2, 0) is 0 Å². The van der Waals surface area contributed by atoms with Crippen LogP contribution in [0.3, 0.4) is 0 Å². The van der Waals surface area contributed by atoms with E-state index >= 15 is 0 Å². The van der Waals surface area contributed by atoms with Gasteiger partial charge in [-0.3, -0.25) is 0 Å². The van der Waals surface area contributed by atoms with Gasteiger partial charge >= 0.3 is 0 Å². The van der Waals surface area contributed by atoms with Gasteiger partial charge in [0.1, 0.15) is 18.2 Å². The van der Waals surface area contributed by atoms with Crippen molar-refractivity contribution in [1.82, 2.24) is 20.3 Å². The molecule has 28 heavy (non-hydrogen) atoms. The summed E-state index contributed by atoms with van der Waals surface area (Å²) in [5, 5.41) is 4.58. The third kappa shape index (κ3) is 3.75. The summed E-state index contributed by atoms with van der Waals surface area (Å²) in [4.78, 5) is 15.7. The number of halogens is 1. The predicted molar refractivity (Wildman–Crippen MR) is 112 cm³/mol. The quantitative estimate of drug-likeness (QED) is 0.729. The van der Waals surface area contributed by atoms with Crippen molar-refractivity contribution in [3.05, 3.63) is 54.5 Å². The largest absolute Gasteiger partial charge is 0.470 e. The number of ether oxygens (including phenoxy) is 1. The number of fused-ring (bicyclic) bond motifs is 1. The van der Waals surface area contributed by atoms with E-state index in [2.05, 4.69) is 44.5 Å². The fourth-order valence-electron chi connectivity index (χ4n) is 3.93. The van der Waals surface area contributed by atoms with Crippen molar-refractivity contribution >= 4 is 29.1 Å². The fraction of sp³-hybridized carbons (Fsp3) is 0.381. The highest BCUT2D eigenvalue weighted by molar-refractivity contribution is 5.85. The number of para-hydroxylation sites is 1. The number of aromatic nitrogens is 3. The summed E-state index contributed by atoms with van der Waals surface area (Å²) in [6.45, 7) is 3.76. The van der Waals surface area contributed by atoms with Crippen molar-refractivity contribution in [2.24, 2.45) is 0 Å². The first-order valence-corrected chi connectivity index (χ1v) is 9.65. The van der Waals surface area contributed by atoms with Crippen molar-refractivity contribution in [3.8, 4) is 5.88 Å². The van der Waals surface area contributed by atoms with E-state index < -0.39 is 0 Å². The summed E-state index contributed by atoms with van der Waals surface area (Å²) < 4.78 is 6.23. The van der Waals surface area contributed by atoms with Gasteiger partial charge in [-0.05, 0) is 50.0 Å². The number of piperidine rings is 1. The molecule has 2 aliphatic rings. The van der Waals surface area contributed by atoms with Crippen molar-refractivity contribution in [2.45, 2.75) is 24.9 Å². The Balaban J connectivity index is 0.00000192. The maximum absolute atomic E-state index is 6.23. The van der Waals surface area contributed by atoms with Crippen LogP contribution in [0.4, 0.5) is 5.82 Å². The van der Waals surface area contributed by atoms with Crippen LogP contribution in [0.15, 0.2) is 48.9 Å². The number of nitrogens with zero attached hydrogens (tertiary/aromatic N) is 4. The molecule has 0 aliphatic carbocycles. The minimum atomic E-state index is 0. The number of nitrogens with one attached hydrogen (secondary N) is 1. The molecule has 0 bridgehead atoms. The van der Waals surface area contributed by atoms with E-state index in [0.29, 0.717) is 5.92 Å². The van der Waals surface area contributed by atoms with E-state index in [1.54, 1.807) is 6.33 Å². The molecule has 0 unspecified atom stereocenters. The van der Waals surface area contributed by atoms with E-state index in [1.165, 1.54) is 5.39 Å². The van der Waals surface area contributed by atoms with Gasteiger partial charge in [0.15, 0.2) is 0 Å². The molecule has 0 atom stereocenters. The molecule has 0 radical (unpaired) electrons. The standard InChI is InChI=1S/C21H23N5O.ClH/c1-2-4-19-16(3-1)5-6-20(25-19)26-12-17(13-26)27-21-18(11-23-14-24-21)15-7-9-22-10-8-15;/h1-6,11,14-15,17,22H,7-10,12-13H2;1H. The van der Waals surface area contributed by atoms with Gasteiger partial charge in [0.25, 0.3) is 0 Å². The highest BCUT2D eigenvalue weighted by atomic mass is 35.5. The zero-order valence-electron chi connectivity index (χ0n) is 15.6. The van der Waals surface area contributed by atoms with Crippen LogP contribution in [0.25, 0.3) is 10.9 Å². The van der Waals surface area contributed by atoms with E-state index in [9.17, 15) is 0 Å². The molecule has 3 aromatic rings. The number of anilines is 1. The van der Waals surface area contributed by atoms with Gasteiger partial charge in [-0.25, -0.2) is 15.0 Å². The lowest BCUT2D eigenvalue weighted by Gasteiger charge is -2.40. The second-order valence-electron chi connectivity index (χ2n) is 7.31. The Morgan fingerprint density at radius 1 is 1.04 bits per heavy atom. The average Bonchev–Trinajstić information content (AvgIpc) is 2.71. The van der Waals surface area contributed by atoms with Gasteiger partial charge in [-0.2, -0.15) is 0 Å². The topological polar surface area (TPSA) is 63.2 Å². The van der Waals surface area contributed by atoms with Crippen LogP contribution in [0.2, 0.25) is 0 Å². The van der Waals surface area contributed by atoms with Gasteiger partial charge in [-0.15, -0.1) is 12.4 Å². The molecule has 1 aromatic carbocycles. The third-order valence-electron chi connectivity index (χ3n) is 5.52.